The van der Waals surface area contributed by atoms with Crippen LogP contribution in [0.2, 0.25) is 0 Å². The second-order valence-corrected chi connectivity index (χ2v) is 7.85. The molecule has 30 heavy (non-hydrogen) atoms. The summed E-state index contributed by atoms with van der Waals surface area (Å²) in [7, 11) is 0. The van der Waals surface area contributed by atoms with Crippen LogP contribution in [0.1, 0.15) is 39.5 Å². The number of aliphatic carboxylic acids is 2. The third-order valence-electron chi connectivity index (χ3n) is 4.47. The standard InChI is InChI=1S/C18H32N4O7S/c1-4-10(2)15(18(28)29)22-17(27)12(7-8-30-3)21-13(23)9-20-16(26)11(19)5-6-14(24)25/h10-12,15H,4-9,19H2,1-3H3,(H,20,26)(H,21,23)(H,22,27)(H,24,25)(H,28,29). The molecule has 0 radical (unpaired) electrons. The van der Waals surface area contributed by atoms with Crippen LogP contribution in [0.25, 0.3) is 0 Å². The Morgan fingerprint density at radius 2 is 1.67 bits per heavy atom. The molecule has 0 aromatic heterocycles. The second kappa shape index (κ2) is 14.6. The predicted octanol–water partition coefficient (Wildman–Crippen LogP) is -0.852. The van der Waals surface area contributed by atoms with Crippen molar-refractivity contribution in [3.63, 3.8) is 0 Å². The van der Waals surface area contributed by atoms with Gasteiger partial charge in [-0.25, -0.2) is 4.79 Å². The van der Waals surface area contributed by atoms with Gasteiger partial charge in [-0.3, -0.25) is 19.2 Å². The Hall–Kier alpha value is -2.34. The highest BCUT2D eigenvalue weighted by Crippen LogP contribution is 2.09. The van der Waals surface area contributed by atoms with Gasteiger partial charge in [0.25, 0.3) is 0 Å². The number of carbonyl (C=O) groups is 5. The van der Waals surface area contributed by atoms with Crippen molar-refractivity contribution in [1.29, 1.82) is 0 Å². The van der Waals surface area contributed by atoms with Crippen molar-refractivity contribution < 1.29 is 34.2 Å². The Morgan fingerprint density at radius 1 is 1.03 bits per heavy atom. The lowest BCUT2D eigenvalue weighted by atomic mass is 9.99. The topological polar surface area (TPSA) is 188 Å². The minimum absolute atomic E-state index is 0.0757. The van der Waals surface area contributed by atoms with Crippen LogP contribution in [-0.2, 0) is 24.0 Å². The van der Waals surface area contributed by atoms with E-state index in [9.17, 15) is 29.1 Å². The van der Waals surface area contributed by atoms with Crippen molar-refractivity contribution in [3.05, 3.63) is 0 Å². The minimum Gasteiger partial charge on any atom is -0.481 e. The van der Waals surface area contributed by atoms with Gasteiger partial charge < -0.3 is 31.9 Å². The molecular formula is C18H32N4O7S. The van der Waals surface area contributed by atoms with Gasteiger partial charge in [0.1, 0.15) is 12.1 Å². The molecule has 4 atom stereocenters. The van der Waals surface area contributed by atoms with E-state index in [2.05, 4.69) is 16.0 Å². The average molecular weight is 449 g/mol. The van der Waals surface area contributed by atoms with E-state index in [1.807, 2.05) is 13.2 Å². The van der Waals surface area contributed by atoms with Gasteiger partial charge in [0.15, 0.2) is 0 Å². The summed E-state index contributed by atoms with van der Waals surface area (Å²) >= 11 is 1.46. The van der Waals surface area contributed by atoms with Gasteiger partial charge >= 0.3 is 11.9 Å². The van der Waals surface area contributed by atoms with E-state index in [0.717, 1.165) is 0 Å². The van der Waals surface area contributed by atoms with E-state index in [0.29, 0.717) is 12.2 Å². The molecular weight excluding hydrogens is 416 g/mol. The molecule has 0 fully saturated rings. The Kier molecular flexibility index (Phi) is 13.5. The molecule has 0 heterocycles. The summed E-state index contributed by atoms with van der Waals surface area (Å²) in [6.07, 6.45) is 2.30. The molecule has 0 rings (SSSR count). The van der Waals surface area contributed by atoms with Crippen molar-refractivity contribution >= 4 is 41.4 Å². The first kappa shape index (κ1) is 27.7. The lowest BCUT2D eigenvalue weighted by Crippen LogP contribution is -2.55. The maximum Gasteiger partial charge on any atom is 0.326 e. The Morgan fingerprint density at radius 3 is 2.17 bits per heavy atom. The highest BCUT2D eigenvalue weighted by atomic mass is 32.2. The van der Waals surface area contributed by atoms with Crippen LogP contribution in [0.15, 0.2) is 0 Å². The van der Waals surface area contributed by atoms with Crippen LogP contribution in [0, 0.1) is 5.92 Å². The number of carboxylic acid groups (broad SMARTS) is 2. The summed E-state index contributed by atoms with van der Waals surface area (Å²) < 4.78 is 0. The van der Waals surface area contributed by atoms with Crippen molar-refractivity contribution in [2.24, 2.45) is 11.7 Å². The number of rotatable bonds is 15. The summed E-state index contributed by atoms with van der Waals surface area (Å²) in [5.41, 5.74) is 5.56. The fraction of sp³-hybridized carbons (Fsp3) is 0.722. The monoisotopic (exact) mass is 448 g/mol. The van der Waals surface area contributed by atoms with Gasteiger partial charge in [-0.15, -0.1) is 0 Å². The number of carboxylic acids is 2. The van der Waals surface area contributed by atoms with Crippen LogP contribution in [-0.4, -0.2) is 76.6 Å². The maximum atomic E-state index is 12.6. The molecule has 0 bridgehead atoms. The third kappa shape index (κ3) is 11.0. The number of nitrogens with one attached hydrogen (secondary N) is 3. The SMILES string of the molecule is CCC(C)C(NC(=O)C(CCSC)NC(=O)CNC(=O)C(N)CCC(=O)O)C(=O)O. The molecule has 0 aliphatic carbocycles. The van der Waals surface area contributed by atoms with Gasteiger partial charge in [0, 0.05) is 6.42 Å². The summed E-state index contributed by atoms with van der Waals surface area (Å²) in [5.74, 6) is -3.94. The normalized spacial score (nSPS) is 14.7. The van der Waals surface area contributed by atoms with E-state index in [-0.39, 0.29) is 25.2 Å². The number of hydrogen-bond acceptors (Lipinski definition) is 7. The molecule has 0 aromatic rings. The summed E-state index contributed by atoms with van der Waals surface area (Å²) in [4.78, 5) is 58.5. The fourth-order valence-corrected chi connectivity index (χ4v) is 2.87. The summed E-state index contributed by atoms with van der Waals surface area (Å²) in [6, 6.07) is -3.12. The van der Waals surface area contributed by atoms with Crippen molar-refractivity contribution in [2.45, 2.75) is 57.7 Å². The quantitative estimate of drug-likeness (QED) is 0.185. The number of hydrogen-bond donors (Lipinski definition) is 6. The van der Waals surface area contributed by atoms with E-state index in [1.165, 1.54) is 11.8 Å². The molecule has 0 aliphatic heterocycles. The van der Waals surface area contributed by atoms with E-state index in [4.69, 9.17) is 10.8 Å². The number of thioether (sulfide) groups is 1. The first-order valence-corrected chi connectivity index (χ1v) is 11.0. The van der Waals surface area contributed by atoms with Crippen molar-refractivity contribution in [3.8, 4) is 0 Å². The molecule has 0 saturated heterocycles. The lowest BCUT2D eigenvalue weighted by Gasteiger charge is -2.24. The summed E-state index contributed by atoms with van der Waals surface area (Å²) in [6.45, 7) is 3.07. The zero-order valence-electron chi connectivity index (χ0n) is 17.5. The average Bonchev–Trinajstić information content (AvgIpc) is 2.70. The van der Waals surface area contributed by atoms with Crippen molar-refractivity contribution in [1.82, 2.24) is 16.0 Å². The van der Waals surface area contributed by atoms with Gasteiger partial charge in [0.2, 0.25) is 17.7 Å². The minimum atomic E-state index is -1.16. The van der Waals surface area contributed by atoms with Crippen LogP contribution < -0.4 is 21.7 Å². The van der Waals surface area contributed by atoms with E-state index < -0.39 is 54.3 Å². The molecule has 0 saturated carbocycles. The van der Waals surface area contributed by atoms with E-state index in [1.54, 1.807) is 6.92 Å². The Bertz CT molecular complexity index is 617. The molecule has 4 unspecified atom stereocenters. The Labute approximate surface area is 179 Å². The van der Waals surface area contributed by atoms with Gasteiger partial charge in [0.05, 0.1) is 12.6 Å². The van der Waals surface area contributed by atoms with Crippen LogP contribution in [0.4, 0.5) is 0 Å². The van der Waals surface area contributed by atoms with Crippen LogP contribution in [0.5, 0.6) is 0 Å². The molecule has 3 amide bonds. The highest BCUT2D eigenvalue weighted by Gasteiger charge is 2.29. The lowest BCUT2D eigenvalue weighted by molar-refractivity contribution is -0.143. The smallest absolute Gasteiger partial charge is 0.326 e. The van der Waals surface area contributed by atoms with Gasteiger partial charge in [-0.1, -0.05) is 20.3 Å². The fourth-order valence-electron chi connectivity index (χ4n) is 2.40. The molecule has 172 valence electrons. The first-order valence-electron chi connectivity index (χ1n) is 9.59. The number of carbonyl (C=O) groups excluding carboxylic acids is 3. The molecule has 12 heteroatoms. The van der Waals surface area contributed by atoms with Gasteiger partial charge in [-0.2, -0.15) is 11.8 Å². The van der Waals surface area contributed by atoms with Crippen molar-refractivity contribution in [2.75, 3.05) is 18.6 Å². The zero-order valence-corrected chi connectivity index (χ0v) is 18.3. The molecule has 0 aromatic carbocycles. The number of nitrogens with two attached hydrogens (primary N) is 1. The van der Waals surface area contributed by atoms with Crippen LogP contribution >= 0.6 is 11.8 Å². The summed E-state index contributed by atoms with van der Waals surface area (Å²) in [5, 5.41) is 25.2. The first-order chi connectivity index (χ1) is 14.0. The second-order valence-electron chi connectivity index (χ2n) is 6.87. The highest BCUT2D eigenvalue weighted by molar-refractivity contribution is 7.98. The third-order valence-corrected chi connectivity index (χ3v) is 5.11. The molecule has 11 nitrogen and oxygen atoms in total. The molecule has 0 spiro atoms. The molecule has 7 N–H and O–H groups in total. The molecule has 0 aliphatic rings. The largest absolute Gasteiger partial charge is 0.481 e. The van der Waals surface area contributed by atoms with Crippen LogP contribution in [0.3, 0.4) is 0 Å². The zero-order chi connectivity index (χ0) is 23.3. The maximum absolute atomic E-state index is 12.6. The predicted molar refractivity (Wildman–Crippen MR) is 112 cm³/mol. The Balaban J connectivity index is 4.85. The van der Waals surface area contributed by atoms with Gasteiger partial charge in [-0.05, 0) is 30.8 Å². The number of amides is 3. The van der Waals surface area contributed by atoms with E-state index >= 15 is 0 Å².